The van der Waals surface area contributed by atoms with Crippen molar-refractivity contribution in [3.05, 3.63) is 174 Å². The molecule has 2 spiro atoms. The van der Waals surface area contributed by atoms with Gasteiger partial charge in [-0.2, -0.15) is 0 Å². The van der Waals surface area contributed by atoms with Crippen LogP contribution in [-0.4, -0.2) is 0 Å². The summed E-state index contributed by atoms with van der Waals surface area (Å²) < 4.78 is 0. The summed E-state index contributed by atoms with van der Waals surface area (Å²) in [6.07, 6.45) is 13.2. The Morgan fingerprint density at radius 3 is 1.96 bits per heavy atom. The molecule has 0 heterocycles. The van der Waals surface area contributed by atoms with Crippen molar-refractivity contribution in [2.45, 2.75) is 82.0 Å². The SMILES string of the molecule is CCC1CC2CCCC(C1)C21c2ccccc2-c2c(N(c3ccc(-c4cccc5ccccc45)cc3)c3ccc4c(c3)C3(CCCC3)c3ccccc3-4)cccc21. The molecular formula is C56H51N. The van der Waals surface area contributed by atoms with E-state index in [2.05, 4.69) is 163 Å². The third-order valence-electron chi connectivity index (χ3n) is 15.8. The minimum Gasteiger partial charge on any atom is -0.310 e. The Kier molecular flexibility index (Phi) is 7.57. The molecular weight excluding hydrogens is 687 g/mol. The molecule has 0 saturated heterocycles. The first-order chi connectivity index (χ1) is 28.2. The molecule has 7 aromatic rings. The van der Waals surface area contributed by atoms with E-state index in [1.165, 1.54) is 131 Å². The molecule has 12 rings (SSSR count). The van der Waals surface area contributed by atoms with Crippen molar-refractivity contribution in [1.29, 1.82) is 0 Å². The van der Waals surface area contributed by atoms with Gasteiger partial charge in [0.1, 0.15) is 0 Å². The van der Waals surface area contributed by atoms with Gasteiger partial charge in [-0.3, -0.25) is 0 Å². The lowest BCUT2D eigenvalue weighted by molar-refractivity contribution is 0.0492. The Morgan fingerprint density at radius 2 is 1.16 bits per heavy atom. The van der Waals surface area contributed by atoms with Crippen molar-refractivity contribution in [1.82, 2.24) is 0 Å². The molecule has 280 valence electrons. The molecule has 5 aliphatic carbocycles. The first kappa shape index (κ1) is 33.7. The maximum Gasteiger partial charge on any atom is 0.0543 e. The zero-order valence-corrected chi connectivity index (χ0v) is 33.2. The molecule has 0 aliphatic heterocycles. The normalized spacial score (nSPS) is 23.4. The third-order valence-corrected chi connectivity index (χ3v) is 15.8. The largest absolute Gasteiger partial charge is 0.310 e. The van der Waals surface area contributed by atoms with E-state index < -0.39 is 0 Å². The molecule has 0 N–H and O–H groups in total. The highest BCUT2D eigenvalue weighted by Crippen LogP contribution is 2.67. The average Bonchev–Trinajstić information content (AvgIpc) is 3.95. The monoisotopic (exact) mass is 737 g/mol. The standard InChI is InChI=1S/C56H51N/c1-2-37-34-40-16-12-17-41(35-37)56(40)50-23-8-6-20-48(50)54-51(56)24-13-25-53(54)57(42-28-26-39(27-29-42)45-21-11-15-38-14-3-4-18-44(38)45)43-30-31-47-46-19-5-7-22-49(46)55(52(47)36-43)32-9-10-33-55/h3-8,11,13-15,18-31,36-37,40-41H,2,9-10,12,16-17,32-35H2,1H3. The van der Waals surface area contributed by atoms with Crippen LogP contribution in [0.1, 0.15) is 93.4 Å². The number of hydrogen-bond acceptors (Lipinski definition) is 1. The summed E-state index contributed by atoms with van der Waals surface area (Å²) in [6.45, 7) is 2.43. The van der Waals surface area contributed by atoms with Crippen molar-refractivity contribution in [2.24, 2.45) is 17.8 Å². The van der Waals surface area contributed by atoms with Crippen molar-refractivity contribution in [2.75, 3.05) is 4.90 Å². The van der Waals surface area contributed by atoms with E-state index in [1.807, 2.05) is 0 Å². The van der Waals surface area contributed by atoms with Crippen molar-refractivity contribution >= 4 is 27.8 Å². The highest BCUT2D eigenvalue weighted by atomic mass is 15.1. The van der Waals surface area contributed by atoms with E-state index in [1.54, 1.807) is 16.7 Å². The number of benzene rings is 7. The van der Waals surface area contributed by atoms with Crippen LogP contribution in [0.2, 0.25) is 0 Å². The number of fused-ring (bicyclic) bond motifs is 9. The Balaban J connectivity index is 1.08. The van der Waals surface area contributed by atoms with Crippen molar-refractivity contribution in [3.63, 3.8) is 0 Å². The van der Waals surface area contributed by atoms with Crippen molar-refractivity contribution in [3.8, 4) is 33.4 Å². The quantitative estimate of drug-likeness (QED) is 0.170. The molecule has 0 amide bonds. The molecule has 2 atom stereocenters. The molecule has 0 radical (unpaired) electrons. The van der Waals surface area contributed by atoms with Crippen LogP contribution in [0.4, 0.5) is 17.1 Å². The first-order valence-corrected chi connectivity index (χ1v) is 22.0. The predicted molar refractivity (Wildman–Crippen MR) is 239 cm³/mol. The van der Waals surface area contributed by atoms with Gasteiger partial charge in [0, 0.05) is 27.8 Å². The third kappa shape index (κ3) is 4.69. The smallest absolute Gasteiger partial charge is 0.0543 e. The van der Waals surface area contributed by atoms with Gasteiger partial charge in [0.2, 0.25) is 0 Å². The minimum absolute atomic E-state index is 0.100. The van der Waals surface area contributed by atoms with Crippen LogP contribution in [0.3, 0.4) is 0 Å². The zero-order chi connectivity index (χ0) is 37.7. The van der Waals surface area contributed by atoms with Crippen LogP contribution in [0.25, 0.3) is 44.2 Å². The molecule has 3 fully saturated rings. The van der Waals surface area contributed by atoms with Crippen LogP contribution in [0.15, 0.2) is 152 Å². The maximum atomic E-state index is 2.64. The summed E-state index contributed by atoms with van der Waals surface area (Å²) >= 11 is 0. The summed E-state index contributed by atoms with van der Waals surface area (Å²) in [5.41, 5.74) is 18.7. The second-order valence-corrected chi connectivity index (χ2v) is 18.2. The van der Waals surface area contributed by atoms with Gasteiger partial charge in [0.15, 0.2) is 0 Å². The van der Waals surface area contributed by atoms with E-state index in [0.29, 0.717) is 11.8 Å². The highest BCUT2D eigenvalue weighted by Gasteiger charge is 2.58. The van der Waals surface area contributed by atoms with Gasteiger partial charge in [-0.25, -0.2) is 0 Å². The fourth-order valence-electron chi connectivity index (χ4n) is 13.5. The second kappa shape index (κ2) is 12.8. The van der Waals surface area contributed by atoms with Crippen LogP contribution in [0, 0.1) is 17.8 Å². The van der Waals surface area contributed by atoms with Crippen LogP contribution in [-0.2, 0) is 10.8 Å². The lowest BCUT2D eigenvalue weighted by Gasteiger charge is -2.55. The maximum absolute atomic E-state index is 2.64. The molecule has 1 nitrogen and oxygen atoms in total. The fourth-order valence-corrected chi connectivity index (χ4v) is 13.5. The van der Waals surface area contributed by atoms with Crippen LogP contribution < -0.4 is 4.90 Å². The Bertz CT molecular complexity index is 2670. The van der Waals surface area contributed by atoms with Gasteiger partial charge < -0.3 is 4.90 Å². The molecule has 1 heteroatoms. The average molecular weight is 738 g/mol. The van der Waals surface area contributed by atoms with Crippen LogP contribution in [0.5, 0.6) is 0 Å². The van der Waals surface area contributed by atoms with Gasteiger partial charge in [0.25, 0.3) is 0 Å². The predicted octanol–water partition coefficient (Wildman–Crippen LogP) is 15.3. The van der Waals surface area contributed by atoms with E-state index in [0.717, 1.165) is 5.92 Å². The Labute approximate surface area is 338 Å². The topological polar surface area (TPSA) is 3.24 Å². The van der Waals surface area contributed by atoms with Crippen LogP contribution >= 0.6 is 0 Å². The molecule has 3 saturated carbocycles. The van der Waals surface area contributed by atoms with Crippen molar-refractivity contribution < 1.29 is 0 Å². The molecule has 2 bridgehead atoms. The molecule has 0 aromatic heterocycles. The Hall–Kier alpha value is -5.40. The van der Waals surface area contributed by atoms with E-state index >= 15 is 0 Å². The molecule has 5 aliphatic rings. The first-order valence-electron chi connectivity index (χ1n) is 22.0. The van der Waals surface area contributed by atoms with E-state index in [-0.39, 0.29) is 10.8 Å². The summed E-state index contributed by atoms with van der Waals surface area (Å²) in [7, 11) is 0. The Morgan fingerprint density at radius 1 is 0.526 bits per heavy atom. The van der Waals surface area contributed by atoms with Gasteiger partial charge in [0.05, 0.1) is 5.69 Å². The number of hydrogen-bond donors (Lipinski definition) is 0. The summed E-state index contributed by atoms with van der Waals surface area (Å²) in [5, 5.41) is 2.58. The van der Waals surface area contributed by atoms with Gasteiger partial charge >= 0.3 is 0 Å². The zero-order valence-electron chi connectivity index (χ0n) is 33.2. The van der Waals surface area contributed by atoms with E-state index in [9.17, 15) is 0 Å². The fraction of sp³-hybridized carbons (Fsp3) is 0.286. The second-order valence-electron chi connectivity index (χ2n) is 18.2. The number of anilines is 3. The lowest BCUT2D eigenvalue weighted by Crippen LogP contribution is -2.49. The lowest BCUT2D eigenvalue weighted by atomic mass is 9.49. The van der Waals surface area contributed by atoms with Gasteiger partial charge in [-0.15, -0.1) is 0 Å². The summed E-state index contributed by atoms with van der Waals surface area (Å²) in [6, 6.07) is 58.8. The minimum atomic E-state index is 0.100. The summed E-state index contributed by atoms with van der Waals surface area (Å²) in [5.74, 6) is 2.24. The number of nitrogens with zero attached hydrogens (tertiary/aromatic N) is 1. The molecule has 2 unspecified atom stereocenters. The highest BCUT2D eigenvalue weighted by molar-refractivity contribution is 5.99. The van der Waals surface area contributed by atoms with Gasteiger partial charge in [-0.1, -0.05) is 154 Å². The van der Waals surface area contributed by atoms with E-state index in [4.69, 9.17) is 0 Å². The molecule has 7 aromatic carbocycles. The summed E-state index contributed by atoms with van der Waals surface area (Å²) in [4.78, 5) is 2.64. The molecule has 57 heavy (non-hydrogen) atoms. The van der Waals surface area contributed by atoms with Gasteiger partial charge in [-0.05, 0) is 147 Å². The number of rotatable bonds is 5.